The molecule has 0 saturated carbocycles. The van der Waals surface area contributed by atoms with E-state index in [9.17, 15) is 4.79 Å². The minimum absolute atomic E-state index is 0.449. The van der Waals surface area contributed by atoms with Crippen molar-refractivity contribution in [2.75, 3.05) is 11.9 Å². The highest BCUT2D eigenvalue weighted by molar-refractivity contribution is 5.95. The van der Waals surface area contributed by atoms with Crippen LogP contribution < -0.4 is 15.8 Å². The van der Waals surface area contributed by atoms with E-state index in [1.54, 1.807) is 11.6 Å². The molecule has 1 aliphatic heterocycles. The zero-order valence-corrected chi connectivity index (χ0v) is 12.4. The van der Waals surface area contributed by atoms with Crippen LogP contribution in [0.5, 0.6) is 5.75 Å². The molecule has 0 fully saturated rings. The van der Waals surface area contributed by atoms with Gasteiger partial charge in [-0.15, -0.1) is 0 Å². The standard InChI is InChI=1S/C15H17N5O2/c1-3-22-11-7-5-4-6-10(11)13-12(14(16)21)9(2)19-15-17-8-18-20(13)15/h4-8,13H,3H2,1-2H3,(H2,16,21)(H,17,18,19). The Balaban J connectivity index is 2.21. The molecule has 7 nitrogen and oxygen atoms in total. The summed E-state index contributed by atoms with van der Waals surface area (Å²) < 4.78 is 7.33. The van der Waals surface area contributed by atoms with Crippen molar-refractivity contribution in [1.82, 2.24) is 14.8 Å². The lowest BCUT2D eigenvalue weighted by Gasteiger charge is -2.28. The first-order valence-corrected chi connectivity index (χ1v) is 7.02. The topological polar surface area (TPSA) is 95.1 Å². The van der Waals surface area contributed by atoms with Crippen molar-refractivity contribution in [1.29, 1.82) is 0 Å². The average Bonchev–Trinajstić information content (AvgIpc) is 2.94. The van der Waals surface area contributed by atoms with E-state index in [4.69, 9.17) is 10.5 Å². The molecule has 3 N–H and O–H groups in total. The molecule has 0 aliphatic carbocycles. The van der Waals surface area contributed by atoms with Crippen LogP contribution in [0.2, 0.25) is 0 Å². The zero-order chi connectivity index (χ0) is 15.7. The van der Waals surface area contributed by atoms with Crippen LogP contribution in [0, 0.1) is 0 Å². The van der Waals surface area contributed by atoms with Gasteiger partial charge < -0.3 is 15.8 Å². The van der Waals surface area contributed by atoms with Gasteiger partial charge in [0.05, 0.1) is 12.2 Å². The smallest absolute Gasteiger partial charge is 0.248 e. The Morgan fingerprint density at radius 3 is 2.95 bits per heavy atom. The third-order valence-corrected chi connectivity index (χ3v) is 3.57. The van der Waals surface area contributed by atoms with E-state index < -0.39 is 11.9 Å². The number of nitrogens with one attached hydrogen (secondary N) is 1. The fourth-order valence-electron chi connectivity index (χ4n) is 2.69. The lowest BCUT2D eigenvalue weighted by atomic mass is 9.94. The molecule has 114 valence electrons. The molecule has 0 radical (unpaired) electrons. The average molecular weight is 299 g/mol. The number of hydrogen-bond donors (Lipinski definition) is 2. The van der Waals surface area contributed by atoms with E-state index in [1.165, 1.54) is 6.33 Å². The number of allylic oxidation sites excluding steroid dienone is 1. The number of benzene rings is 1. The molecule has 1 aliphatic rings. The van der Waals surface area contributed by atoms with Gasteiger partial charge in [-0.1, -0.05) is 18.2 Å². The van der Waals surface area contributed by atoms with E-state index in [1.807, 2.05) is 31.2 Å². The summed E-state index contributed by atoms with van der Waals surface area (Å²) in [5.41, 5.74) is 7.54. The highest BCUT2D eigenvalue weighted by Gasteiger charge is 2.33. The van der Waals surface area contributed by atoms with Crippen LogP contribution in [-0.2, 0) is 4.79 Å². The molecular formula is C15H17N5O2. The monoisotopic (exact) mass is 299 g/mol. The Hall–Kier alpha value is -2.83. The van der Waals surface area contributed by atoms with Crippen molar-refractivity contribution in [3.8, 4) is 5.75 Å². The number of nitrogens with zero attached hydrogens (tertiary/aromatic N) is 3. The van der Waals surface area contributed by atoms with Gasteiger partial charge in [-0.3, -0.25) is 4.79 Å². The third kappa shape index (κ3) is 2.20. The number of anilines is 1. The number of aromatic nitrogens is 3. The molecule has 1 aromatic carbocycles. The number of carbonyl (C=O) groups is 1. The van der Waals surface area contributed by atoms with Gasteiger partial charge in [-0.25, -0.2) is 4.68 Å². The largest absolute Gasteiger partial charge is 0.494 e. The maximum Gasteiger partial charge on any atom is 0.248 e. The van der Waals surface area contributed by atoms with E-state index in [0.29, 0.717) is 29.6 Å². The van der Waals surface area contributed by atoms with E-state index in [0.717, 1.165) is 5.56 Å². The summed E-state index contributed by atoms with van der Waals surface area (Å²) in [5.74, 6) is 0.770. The molecule has 1 unspecified atom stereocenters. The molecule has 1 aromatic heterocycles. The first-order chi connectivity index (χ1) is 10.6. The lowest BCUT2D eigenvalue weighted by Crippen LogP contribution is -2.32. The van der Waals surface area contributed by atoms with Gasteiger partial charge >= 0.3 is 0 Å². The Morgan fingerprint density at radius 2 is 2.23 bits per heavy atom. The molecule has 22 heavy (non-hydrogen) atoms. The van der Waals surface area contributed by atoms with Crippen LogP contribution in [0.25, 0.3) is 0 Å². The highest BCUT2D eigenvalue weighted by atomic mass is 16.5. The number of rotatable bonds is 4. The number of para-hydroxylation sites is 1. The third-order valence-electron chi connectivity index (χ3n) is 3.57. The first-order valence-electron chi connectivity index (χ1n) is 7.02. The molecule has 1 atom stereocenters. The van der Waals surface area contributed by atoms with Gasteiger partial charge in [0.2, 0.25) is 11.9 Å². The SMILES string of the molecule is CCOc1ccccc1C1C(C(N)=O)=C(C)Nc2ncnn21. The highest BCUT2D eigenvalue weighted by Crippen LogP contribution is 2.38. The quantitative estimate of drug-likeness (QED) is 0.891. The molecule has 0 spiro atoms. The molecule has 7 heteroatoms. The summed E-state index contributed by atoms with van der Waals surface area (Å²) >= 11 is 0. The predicted molar refractivity (Wildman–Crippen MR) is 81.3 cm³/mol. The maximum absolute atomic E-state index is 12.0. The number of nitrogens with two attached hydrogens (primary N) is 1. The number of hydrogen-bond acceptors (Lipinski definition) is 5. The number of fused-ring (bicyclic) bond motifs is 1. The fourth-order valence-corrected chi connectivity index (χ4v) is 2.69. The minimum Gasteiger partial charge on any atom is -0.494 e. The van der Waals surface area contributed by atoms with Crippen LogP contribution in [-0.4, -0.2) is 27.3 Å². The maximum atomic E-state index is 12.0. The van der Waals surface area contributed by atoms with Crippen molar-refractivity contribution >= 4 is 11.9 Å². The van der Waals surface area contributed by atoms with Crippen LogP contribution in [0.3, 0.4) is 0 Å². The molecule has 2 aromatic rings. The number of carbonyl (C=O) groups excluding carboxylic acids is 1. The Bertz CT molecular complexity index is 750. The van der Waals surface area contributed by atoms with Crippen LogP contribution in [0.1, 0.15) is 25.5 Å². The van der Waals surface area contributed by atoms with Gasteiger partial charge in [-0.2, -0.15) is 10.1 Å². The van der Waals surface area contributed by atoms with Gasteiger partial charge in [0.25, 0.3) is 0 Å². The van der Waals surface area contributed by atoms with Gasteiger partial charge in [0, 0.05) is 11.3 Å². The number of ether oxygens (including phenoxy) is 1. The Morgan fingerprint density at radius 1 is 1.45 bits per heavy atom. The van der Waals surface area contributed by atoms with Crippen molar-refractivity contribution < 1.29 is 9.53 Å². The summed E-state index contributed by atoms with van der Waals surface area (Å²) in [6.45, 7) is 4.24. The number of primary amides is 1. The Kier molecular flexibility index (Phi) is 3.54. The molecule has 0 saturated heterocycles. The molecule has 0 bridgehead atoms. The first kappa shape index (κ1) is 14.1. The summed E-state index contributed by atoms with van der Waals surface area (Å²) in [6.07, 6.45) is 1.44. The molecule has 3 rings (SSSR count). The fraction of sp³-hybridized carbons (Fsp3) is 0.267. The second kappa shape index (κ2) is 5.51. The second-order valence-corrected chi connectivity index (χ2v) is 4.93. The van der Waals surface area contributed by atoms with E-state index in [-0.39, 0.29) is 0 Å². The summed E-state index contributed by atoms with van der Waals surface area (Å²) in [4.78, 5) is 16.1. The van der Waals surface area contributed by atoms with Crippen molar-refractivity contribution in [2.24, 2.45) is 5.73 Å². The minimum atomic E-state index is -0.498. The van der Waals surface area contributed by atoms with E-state index >= 15 is 0 Å². The van der Waals surface area contributed by atoms with Crippen LogP contribution in [0.4, 0.5) is 5.95 Å². The van der Waals surface area contributed by atoms with Crippen molar-refractivity contribution in [2.45, 2.75) is 19.9 Å². The normalized spacial score (nSPS) is 16.9. The summed E-state index contributed by atoms with van der Waals surface area (Å²) in [5, 5.41) is 7.28. The summed E-state index contributed by atoms with van der Waals surface area (Å²) in [6, 6.07) is 7.09. The van der Waals surface area contributed by atoms with Gasteiger partial charge in [-0.05, 0) is 19.9 Å². The van der Waals surface area contributed by atoms with Crippen LogP contribution in [0.15, 0.2) is 41.9 Å². The molecule has 2 heterocycles. The van der Waals surface area contributed by atoms with Gasteiger partial charge in [0.1, 0.15) is 18.1 Å². The summed E-state index contributed by atoms with van der Waals surface area (Å²) in [7, 11) is 0. The molecule has 1 amide bonds. The zero-order valence-electron chi connectivity index (χ0n) is 12.4. The predicted octanol–water partition coefficient (Wildman–Crippen LogP) is 1.45. The van der Waals surface area contributed by atoms with E-state index in [2.05, 4.69) is 15.4 Å². The lowest BCUT2D eigenvalue weighted by molar-refractivity contribution is -0.115. The van der Waals surface area contributed by atoms with Crippen LogP contribution >= 0.6 is 0 Å². The van der Waals surface area contributed by atoms with Crippen molar-refractivity contribution in [3.63, 3.8) is 0 Å². The van der Waals surface area contributed by atoms with Crippen molar-refractivity contribution in [3.05, 3.63) is 47.4 Å². The molecular weight excluding hydrogens is 282 g/mol. The Labute approximate surface area is 127 Å². The van der Waals surface area contributed by atoms with Gasteiger partial charge in [0.15, 0.2) is 0 Å². The second-order valence-electron chi connectivity index (χ2n) is 4.93. The number of amides is 1.